The van der Waals surface area contributed by atoms with Gasteiger partial charge in [-0.2, -0.15) is 0 Å². The molecule has 3 rings (SSSR count). The number of carbonyl (C=O) groups excluding carboxylic acids is 2. The van der Waals surface area contributed by atoms with Gasteiger partial charge in [0.15, 0.2) is 0 Å². The number of nitrogens with zero attached hydrogens (tertiary/aromatic N) is 5. The van der Waals surface area contributed by atoms with Gasteiger partial charge in [-0.25, -0.2) is 4.68 Å². The van der Waals surface area contributed by atoms with Crippen LogP contribution in [0.15, 0.2) is 5.16 Å². The monoisotopic (exact) mass is 296 g/mol. The molecular formula is C11H16N6O2S. The summed E-state index contributed by atoms with van der Waals surface area (Å²) in [6.07, 6.45) is 2.58. The first-order chi connectivity index (χ1) is 9.74. The minimum atomic E-state index is 0.00521. The Morgan fingerprint density at radius 2 is 2.25 bits per heavy atom. The van der Waals surface area contributed by atoms with Crippen LogP contribution in [0.2, 0.25) is 0 Å². The minimum absolute atomic E-state index is 0.00521. The van der Waals surface area contributed by atoms with E-state index in [9.17, 15) is 9.59 Å². The topological polar surface area (TPSA) is 93.0 Å². The van der Waals surface area contributed by atoms with E-state index in [0.29, 0.717) is 43.0 Å². The molecular weight excluding hydrogens is 280 g/mol. The van der Waals surface area contributed by atoms with Gasteiger partial charge in [0, 0.05) is 26.1 Å². The molecule has 1 N–H and O–H groups in total. The summed E-state index contributed by atoms with van der Waals surface area (Å²) in [5.41, 5.74) is 0. The van der Waals surface area contributed by atoms with Gasteiger partial charge in [0.2, 0.25) is 17.0 Å². The molecule has 1 aromatic rings. The van der Waals surface area contributed by atoms with Crippen LogP contribution < -0.4 is 5.32 Å². The molecule has 2 heterocycles. The highest BCUT2D eigenvalue weighted by Crippen LogP contribution is 2.36. The third-order valence-corrected chi connectivity index (χ3v) is 4.26. The molecule has 0 bridgehead atoms. The van der Waals surface area contributed by atoms with Crippen LogP contribution in [0.3, 0.4) is 0 Å². The number of rotatable bonds is 4. The Labute approximate surface area is 120 Å². The largest absolute Gasteiger partial charge is 0.354 e. The molecule has 0 atom stereocenters. The lowest BCUT2D eigenvalue weighted by Gasteiger charge is -2.18. The summed E-state index contributed by atoms with van der Waals surface area (Å²) >= 11 is 1.36. The molecule has 0 unspecified atom stereocenters. The zero-order chi connectivity index (χ0) is 13.9. The smallest absolute Gasteiger partial charge is 0.233 e. The van der Waals surface area contributed by atoms with Crippen molar-refractivity contribution in [1.82, 2.24) is 30.4 Å². The molecule has 2 fully saturated rings. The lowest BCUT2D eigenvalue weighted by Crippen LogP contribution is -2.35. The molecule has 1 aromatic heterocycles. The van der Waals surface area contributed by atoms with Crippen LogP contribution in [0.1, 0.15) is 25.3 Å². The van der Waals surface area contributed by atoms with E-state index in [2.05, 4.69) is 20.8 Å². The summed E-state index contributed by atoms with van der Waals surface area (Å²) < 4.78 is 1.80. The standard InChI is InChI=1S/C11H16N6O2S/c18-9-3-5-16(6-4-12-9)10(19)7-20-11-13-14-15-17(11)8-1-2-8/h8H,1-7H2,(H,12,18). The maximum atomic E-state index is 12.1. The van der Waals surface area contributed by atoms with Crippen molar-refractivity contribution < 1.29 is 9.59 Å². The van der Waals surface area contributed by atoms with Gasteiger partial charge in [-0.3, -0.25) is 9.59 Å². The molecule has 1 aliphatic heterocycles. The number of carbonyl (C=O) groups is 2. The van der Waals surface area contributed by atoms with Crippen LogP contribution in [0, 0.1) is 0 Å². The highest BCUT2D eigenvalue weighted by molar-refractivity contribution is 7.99. The second kappa shape index (κ2) is 5.78. The first-order valence-corrected chi connectivity index (χ1v) is 7.68. The SMILES string of the molecule is O=C1CCN(C(=O)CSc2nnnn2C2CC2)CCN1. The number of aromatic nitrogens is 4. The Bertz CT molecular complexity index is 515. The van der Waals surface area contributed by atoms with Gasteiger partial charge >= 0.3 is 0 Å². The van der Waals surface area contributed by atoms with E-state index in [-0.39, 0.29) is 11.8 Å². The molecule has 2 aliphatic rings. The summed E-state index contributed by atoms with van der Waals surface area (Å²) in [4.78, 5) is 25.1. The first kappa shape index (κ1) is 13.3. The van der Waals surface area contributed by atoms with Gasteiger partial charge < -0.3 is 10.2 Å². The van der Waals surface area contributed by atoms with Gasteiger partial charge in [-0.15, -0.1) is 5.10 Å². The first-order valence-electron chi connectivity index (χ1n) is 6.69. The second-order valence-electron chi connectivity index (χ2n) is 4.91. The zero-order valence-corrected chi connectivity index (χ0v) is 11.8. The molecule has 0 aromatic carbocycles. The fourth-order valence-electron chi connectivity index (χ4n) is 2.06. The van der Waals surface area contributed by atoms with Crippen molar-refractivity contribution in [2.45, 2.75) is 30.5 Å². The summed E-state index contributed by atoms with van der Waals surface area (Å²) in [6, 6.07) is 0.405. The maximum Gasteiger partial charge on any atom is 0.233 e. The number of thioether (sulfide) groups is 1. The molecule has 1 saturated carbocycles. The van der Waals surface area contributed by atoms with Crippen molar-refractivity contribution in [3.05, 3.63) is 0 Å². The van der Waals surface area contributed by atoms with Gasteiger partial charge in [0.25, 0.3) is 0 Å². The highest BCUT2D eigenvalue weighted by Gasteiger charge is 2.28. The van der Waals surface area contributed by atoms with Gasteiger partial charge in [0.05, 0.1) is 11.8 Å². The predicted octanol–water partition coefficient (Wildman–Crippen LogP) is -0.551. The Hall–Kier alpha value is -1.64. The summed E-state index contributed by atoms with van der Waals surface area (Å²) in [5.74, 6) is 0.337. The number of hydrogen-bond acceptors (Lipinski definition) is 6. The van der Waals surface area contributed by atoms with E-state index >= 15 is 0 Å². The zero-order valence-electron chi connectivity index (χ0n) is 11.0. The molecule has 2 amide bonds. The predicted molar refractivity (Wildman–Crippen MR) is 71.0 cm³/mol. The third-order valence-electron chi connectivity index (χ3n) is 3.35. The van der Waals surface area contributed by atoms with E-state index in [1.807, 2.05) is 0 Å². The van der Waals surface area contributed by atoms with E-state index < -0.39 is 0 Å². The Kier molecular flexibility index (Phi) is 3.86. The average Bonchev–Trinajstić information content (AvgIpc) is 3.21. The molecule has 9 heteroatoms. The van der Waals surface area contributed by atoms with Crippen LogP contribution in [0.5, 0.6) is 0 Å². The molecule has 20 heavy (non-hydrogen) atoms. The third kappa shape index (κ3) is 3.09. The van der Waals surface area contributed by atoms with Gasteiger partial charge in [-0.1, -0.05) is 11.8 Å². The molecule has 1 saturated heterocycles. The van der Waals surface area contributed by atoms with Crippen molar-refractivity contribution in [3.63, 3.8) is 0 Å². The lowest BCUT2D eigenvalue weighted by molar-refractivity contribution is -0.128. The van der Waals surface area contributed by atoms with Crippen LogP contribution in [0.25, 0.3) is 0 Å². The second-order valence-corrected chi connectivity index (χ2v) is 5.85. The number of amides is 2. The van der Waals surface area contributed by atoms with Crippen LogP contribution in [-0.4, -0.2) is 62.3 Å². The van der Waals surface area contributed by atoms with Crippen molar-refractivity contribution in [3.8, 4) is 0 Å². The highest BCUT2D eigenvalue weighted by atomic mass is 32.2. The number of tetrazole rings is 1. The fourth-order valence-corrected chi connectivity index (χ4v) is 2.91. The molecule has 0 radical (unpaired) electrons. The fraction of sp³-hybridized carbons (Fsp3) is 0.727. The van der Waals surface area contributed by atoms with E-state index in [4.69, 9.17) is 0 Å². The Morgan fingerprint density at radius 1 is 1.40 bits per heavy atom. The van der Waals surface area contributed by atoms with Crippen LogP contribution in [0.4, 0.5) is 0 Å². The van der Waals surface area contributed by atoms with Crippen LogP contribution >= 0.6 is 11.8 Å². The number of nitrogens with one attached hydrogen (secondary N) is 1. The van der Waals surface area contributed by atoms with Crippen molar-refractivity contribution in [2.24, 2.45) is 0 Å². The van der Waals surface area contributed by atoms with E-state index in [1.54, 1.807) is 9.58 Å². The molecule has 0 spiro atoms. The Balaban J connectivity index is 1.53. The van der Waals surface area contributed by atoms with Crippen LogP contribution in [-0.2, 0) is 9.59 Å². The van der Waals surface area contributed by atoms with Crippen molar-refractivity contribution >= 4 is 23.6 Å². The normalized spacial score (nSPS) is 19.6. The van der Waals surface area contributed by atoms with E-state index in [1.165, 1.54) is 11.8 Å². The lowest BCUT2D eigenvalue weighted by atomic mass is 10.4. The molecule has 8 nitrogen and oxygen atoms in total. The van der Waals surface area contributed by atoms with E-state index in [0.717, 1.165) is 12.8 Å². The van der Waals surface area contributed by atoms with Crippen molar-refractivity contribution in [1.29, 1.82) is 0 Å². The molecule has 108 valence electrons. The Morgan fingerprint density at radius 3 is 3.05 bits per heavy atom. The average molecular weight is 296 g/mol. The van der Waals surface area contributed by atoms with Crippen molar-refractivity contribution in [2.75, 3.05) is 25.4 Å². The maximum absolute atomic E-state index is 12.1. The summed E-state index contributed by atoms with van der Waals surface area (Å²) in [5, 5.41) is 15.0. The van der Waals surface area contributed by atoms with Gasteiger partial charge in [0.1, 0.15) is 0 Å². The minimum Gasteiger partial charge on any atom is -0.354 e. The summed E-state index contributed by atoms with van der Waals surface area (Å²) in [7, 11) is 0. The van der Waals surface area contributed by atoms with Gasteiger partial charge in [-0.05, 0) is 23.3 Å². The number of hydrogen-bond donors (Lipinski definition) is 1. The quantitative estimate of drug-likeness (QED) is 0.749. The molecule has 1 aliphatic carbocycles. The summed E-state index contributed by atoms with van der Waals surface area (Å²) in [6.45, 7) is 1.58.